The van der Waals surface area contributed by atoms with Gasteiger partial charge in [0.15, 0.2) is 0 Å². The quantitative estimate of drug-likeness (QED) is 0.855. The lowest BCUT2D eigenvalue weighted by Gasteiger charge is -2.27. The third-order valence-corrected chi connectivity index (χ3v) is 4.83. The fourth-order valence-electron chi connectivity index (χ4n) is 3.05. The van der Waals surface area contributed by atoms with Crippen LogP contribution in [-0.2, 0) is 10.2 Å². The minimum atomic E-state index is -0.189. The van der Waals surface area contributed by atoms with Gasteiger partial charge in [0.1, 0.15) is 0 Å². The van der Waals surface area contributed by atoms with Crippen molar-refractivity contribution in [2.45, 2.75) is 51.0 Å². The molecule has 1 aromatic rings. The lowest BCUT2D eigenvalue weighted by atomic mass is 9.84. The number of hydrogen-bond acceptors (Lipinski definition) is 2. The summed E-state index contributed by atoms with van der Waals surface area (Å²) in [7, 11) is 0. The summed E-state index contributed by atoms with van der Waals surface area (Å²) in [4.78, 5) is 12.1. The number of halogens is 2. The first-order valence-corrected chi connectivity index (χ1v) is 8.05. The first-order chi connectivity index (χ1) is 9.90. The van der Waals surface area contributed by atoms with Crippen molar-refractivity contribution < 1.29 is 4.79 Å². The Labute approximate surface area is 144 Å². The summed E-state index contributed by atoms with van der Waals surface area (Å²) in [6.07, 6.45) is 3.80. The molecule has 0 unspecified atom stereocenters. The van der Waals surface area contributed by atoms with E-state index in [0.717, 1.165) is 29.8 Å². The lowest BCUT2D eigenvalue weighted by molar-refractivity contribution is -0.122. The normalized spacial score (nSPS) is 21.3. The Morgan fingerprint density at radius 1 is 1.36 bits per heavy atom. The molecule has 0 aliphatic heterocycles. The van der Waals surface area contributed by atoms with Crippen molar-refractivity contribution in [3.63, 3.8) is 0 Å². The number of carbonyl (C=O) groups excluding carboxylic acids is 1. The van der Waals surface area contributed by atoms with Crippen LogP contribution in [0, 0.1) is 5.92 Å². The smallest absolute Gasteiger partial charge is 0.220 e. The van der Waals surface area contributed by atoms with Crippen LogP contribution in [0.25, 0.3) is 0 Å². The Bertz CT molecular complexity index is 505. The van der Waals surface area contributed by atoms with E-state index in [2.05, 4.69) is 19.2 Å². The number of benzene rings is 1. The summed E-state index contributed by atoms with van der Waals surface area (Å²) >= 11 is 6.25. The second kappa shape index (κ2) is 8.19. The number of rotatable bonds is 5. The summed E-state index contributed by atoms with van der Waals surface area (Å²) < 4.78 is 0. The maximum atomic E-state index is 12.1. The van der Waals surface area contributed by atoms with E-state index in [9.17, 15) is 4.79 Å². The molecule has 1 amide bonds. The number of carbonyl (C=O) groups is 1. The molecule has 2 rings (SSSR count). The highest BCUT2D eigenvalue weighted by Gasteiger charge is 2.28. The van der Waals surface area contributed by atoms with Gasteiger partial charge in [-0.2, -0.15) is 0 Å². The highest BCUT2D eigenvalue weighted by Crippen LogP contribution is 2.30. The van der Waals surface area contributed by atoms with Gasteiger partial charge in [0, 0.05) is 29.4 Å². The molecule has 1 aliphatic carbocycles. The molecule has 0 spiro atoms. The highest BCUT2D eigenvalue weighted by molar-refractivity contribution is 6.31. The van der Waals surface area contributed by atoms with Gasteiger partial charge >= 0.3 is 0 Å². The van der Waals surface area contributed by atoms with E-state index < -0.39 is 0 Å². The summed E-state index contributed by atoms with van der Waals surface area (Å²) in [6.45, 7) is 4.77. The molecule has 0 heterocycles. The zero-order valence-electron chi connectivity index (χ0n) is 13.3. The Kier molecular flexibility index (Phi) is 7.17. The molecule has 0 bridgehead atoms. The monoisotopic (exact) mass is 344 g/mol. The molecule has 5 heteroatoms. The third kappa shape index (κ3) is 4.87. The predicted octanol–water partition coefficient (Wildman–Crippen LogP) is 3.67. The highest BCUT2D eigenvalue weighted by atomic mass is 35.5. The van der Waals surface area contributed by atoms with Crippen LogP contribution in [0.1, 0.15) is 45.1 Å². The van der Waals surface area contributed by atoms with Gasteiger partial charge in [0.25, 0.3) is 0 Å². The van der Waals surface area contributed by atoms with Crippen molar-refractivity contribution in [3.05, 3.63) is 34.9 Å². The zero-order valence-corrected chi connectivity index (χ0v) is 14.8. The van der Waals surface area contributed by atoms with Crippen molar-refractivity contribution in [1.29, 1.82) is 0 Å². The number of hydrogen-bond donors (Lipinski definition) is 2. The summed E-state index contributed by atoms with van der Waals surface area (Å²) in [5.41, 5.74) is 6.89. The van der Waals surface area contributed by atoms with E-state index in [1.165, 1.54) is 0 Å². The molecule has 1 aromatic carbocycles. The number of nitrogens with two attached hydrogens (primary N) is 1. The second-order valence-electron chi connectivity index (χ2n) is 6.70. The molecule has 1 fully saturated rings. The molecule has 0 radical (unpaired) electrons. The molecule has 0 aromatic heterocycles. The first-order valence-electron chi connectivity index (χ1n) is 7.67. The molecular weight excluding hydrogens is 319 g/mol. The van der Waals surface area contributed by atoms with Crippen LogP contribution >= 0.6 is 24.0 Å². The Morgan fingerprint density at radius 2 is 2.05 bits per heavy atom. The Balaban J connectivity index is 0.00000242. The van der Waals surface area contributed by atoms with Gasteiger partial charge in [-0.1, -0.05) is 50.1 Å². The molecule has 124 valence electrons. The van der Waals surface area contributed by atoms with Crippen molar-refractivity contribution in [2.75, 3.05) is 6.54 Å². The van der Waals surface area contributed by atoms with Gasteiger partial charge in [-0.3, -0.25) is 4.79 Å². The molecule has 1 aliphatic rings. The Morgan fingerprint density at radius 3 is 2.64 bits per heavy atom. The first kappa shape index (κ1) is 19.3. The standard InChI is InChI=1S/C17H25ClN2O.ClH/c1-17(2,13-7-3-4-8-14(13)18)11-20-16(21)10-12-6-5-9-15(12)19;/h3-4,7-8,12,15H,5-6,9-11,19H2,1-2H3,(H,20,21);1H/t12-,15+;/m0./s1. The van der Waals surface area contributed by atoms with Crippen LogP contribution in [0.4, 0.5) is 0 Å². The van der Waals surface area contributed by atoms with Gasteiger partial charge in [-0.05, 0) is 30.4 Å². The van der Waals surface area contributed by atoms with E-state index in [0.29, 0.717) is 18.9 Å². The average molecular weight is 345 g/mol. The van der Waals surface area contributed by atoms with E-state index in [-0.39, 0.29) is 29.8 Å². The molecule has 3 N–H and O–H groups in total. The molecular formula is C17H26Cl2N2O. The van der Waals surface area contributed by atoms with Gasteiger partial charge in [-0.15, -0.1) is 12.4 Å². The zero-order chi connectivity index (χ0) is 15.5. The largest absolute Gasteiger partial charge is 0.355 e. The lowest BCUT2D eigenvalue weighted by Crippen LogP contribution is -2.38. The average Bonchev–Trinajstić information content (AvgIpc) is 2.82. The van der Waals surface area contributed by atoms with Crippen LogP contribution in [0.2, 0.25) is 5.02 Å². The van der Waals surface area contributed by atoms with Gasteiger partial charge in [-0.25, -0.2) is 0 Å². The van der Waals surface area contributed by atoms with Crippen LogP contribution in [0.5, 0.6) is 0 Å². The fraction of sp³-hybridized carbons (Fsp3) is 0.588. The minimum absolute atomic E-state index is 0. The molecule has 3 nitrogen and oxygen atoms in total. The van der Waals surface area contributed by atoms with Crippen molar-refractivity contribution in [2.24, 2.45) is 11.7 Å². The summed E-state index contributed by atoms with van der Waals surface area (Å²) in [5.74, 6) is 0.436. The van der Waals surface area contributed by atoms with E-state index in [4.69, 9.17) is 17.3 Å². The van der Waals surface area contributed by atoms with E-state index in [1.54, 1.807) is 0 Å². The van der Waals surface area contributed by atoms with E-state index in [1.807, 2.05) is 24.3 Å². The SMILES string of the molecule is CC(C)(CNC(=O)C[C@@H]1CCC[C@H]1N)c1ccccc1Cl.Cl. The molecule has 2 atom stereocenters. The predicted molar refractivity (Wildman–Crippen MR) is 94.7 cm³/mol. The van der Waals surface area contributed by atoms with Gasteiger partial charge in [0.05, 0.1) is 0 Å². The third-order valence-electron chi connectivity index (χ3n) is 4.50. The van der Waals surface area contributed by atoms with Gasteiger partial charge in [0.2, 0.25) is 5.91 Å². The summed E-state index contributed by atoms with van der Waals surface area (Å²) in [6, 6.07) is 7.98. The van der Waals surface area contributed by atoms with Crippen molar-refractivity contribution in [3.8, 4) is 0 Å². The summed E-state index contributed by atoms with van der Waals surface area (Å²) in [5, 5.41) is 3.79. The molecule has 1 saturated carbocycles. The second-order valence-corrected chi connectivity index (χ2v) is 7.11. The number of nitrogens with one attached hydrogen (secondary N) is 1. The fourth-order valence-corrected chi connectivity index (χ4v) is 3.45. The molecule has 0 saturated heterocycles. The maximum absolute atomic E-state index is 12.1. The van der Waals surface area contributed by atoms with Crippen LogP contribution in [-0.4, -0.2) is 18.5 Å². The van der Waals surface area contributed by atoms with Gasteiger partial charge < -0.3 is 11.1 Å². The van der Waals surface area contributed by atoms with Crippen LogP contribution in [0.15, 0.2) is 24.3 Å². The maximum Gasteiger partial charge on any atom is 0.220 e. The van der Waals surface area contributed by atoms with Crippen LogP contribution in [0.3, 0.4) is 0 Å². The minimum Gasteiger partial charge on any atom is -0.355 e. The number of amides is 1. The Hall–Kier alpha value is -0.770. The molecule has 22 heavy (non-hydrogen) atoms. The topological polar surface area (TPSA) is 55.1 Å². The van der Waals surface area contributed by atoms with Crippen LogP contribution < -0.4 is 11.1 Å². The van der Waals surface area contributed by atoms with Crippen molar-refractivity contribution >= 4 is 29.9 Å². The van der Waals surface area contributed by atoms with E-state index >= 15 is 0 Å². The van der Waals surface area contributed by atoms with Crippen molar-refractivity contribution in [1.82, 2.24) is 5.32 Å².